The summed E-state index contributed by atoms with van der Waals surface area (Å²) in [6.07, 6.45) is 1.15. The maximum atomic E-state index is 11.4. The summed E-state index contributed by atoms with van der Waals surface area (Å²) in [5.74, 6) is 0.752. The number of amides is 1. The van der Waals surface area contributed by atoms with Crippen molar-refractivity contribution in [1.82, 2.24) is 5.32 Å². The Hall–Kier alpha value is -0.780. The molecule has 1 amide bonds. The van der Waals surface area contributed by atoms with E-state index < -0.39 is 0 Å². The van der Waals surface area contributed by atoms with E-state index >= 15 is 0 Å². The van der Waals surface area contributed by atoms with E-state index in [0.29, 0.717) is 26.1 Å². The molecule has 1 aromatic carbocycles. The molecule has 0 fully saturated rings. The summed E-state index contributed by atoms with van der Waals surface area (Å²) in [4.78, 5) is 11.4. The number of carbonyl (C=O) groups is 1. The highest BCUT2D eigenvalue weighted by Crippen LogP contribution is 2.25. The first kappa shape index (κ1) is 18.2. The Morgan fingerprint density at radius 2 is 2.21 bits per heavy atom. The molecular weight excluding hydrogens is 332 g/mol. The van der Waals surface area contributed by atoms with Gasteiger partial charge in [0, 0.05) is 6.54 Å². The normalized spacial score (nSPS) is 9.63. The minimum absolute atomic E-state index is 0. The highest BCUT2D eigenvalue weighted by Gasteiger charge is 2.04. The number of nitrogens with one attached hydrogen (secondary N) is 1. The van der Waals surface area contributed by atoms with Crippen molar-refractivity contribution in [2.45, 2.75) is 19.8 Å². The third-order valence-corrected chi connectivity index (χ3v) is 3.00. The Labute approximate surface area is 128 Å². The van der Waals surface area contributed by atoms with Crippen LogP contribution in [-0.4, -0.2) is 25.6 Å². The lowest BCUT2D eigenvalue weighted by molar-refractivity contribution is -0.121. The van der Waals surface area contributed by atoms with Crippen molar-refractivity contribution >= 4 is 34.2 Å². The molecule has 0 bridgehead atoms. The van der Waals surface area contributed by atoms with Crippen molar-refractivity contribution in [3.05, 3.63) is 28.2 Å². The van der Waals surface area contributed by atoms with Crippen LogP contribution in [0.1, 0.15) is 18.4 Å². The SMILES string of the molecule is Cc1ccc(OCCC(=O)NCCCN)c(Br)c1.Cl. The standard InChI is InChI=1S/C13H19BrN2O2.ClH/c1-10-3-4-12(11(14)9-10)18-8-5-13(17)16-7-2-6-15;/h3-4,9H,2,5-8,15H2,1H3,(H,16,17);1H. The first-order valence-corrected chi connectivity index (χ1v) is 6.78. The van der Waals surface area contributed by atoms with Crippen LogP contribution in [0.2, 0.25) is 0 Å². The number of hydrogen-bond acceptors (Lipinski definition) is 3. The Kier molecular flexibility index (Phi) is 9.65. The molecule has 6 heteroatoms. The molecule has 0 aliphatic heterocycles. The predicted molar refractivity (Wildman–Crippen MR) is 82.9 cm³/mol. The van der Waals surface area contributed by atoms with Crippen LogP contribution < -0.4 is 15.8 Å². The third-order valence-electron chi connectivity index (χ3n) is 2.38. The van der Waals surface area contributed by atoms with Gasteiger partial charge in [0.1, 0.15) is 5.75 Å². The fourth-order valence-electron chi connectivity index (χ4n) is 1.39. The van der Waals surface area contributed by atoms with Gasteiger partial charge in [-0.05, 0) is 53.5 Å². The Bertz CT molecular complexity index is 402. The van der Waals surface area contributed by atoms with Crippen LogP contribution >= 0.6 is 28.3 Å². The van der Waals surface area contributed by atoms with Gasteiger partial charge in [-0.2, -0.15) is 0 Å². The van der Waals surface area contributed by atoms with E-state index in [4.69, 9.17) is 10.5 Å². The minimum Gasteiger partial charge on any atom is -0.492 e. The van der Waals surface area contributed by atoms with E-state index in [1.165, 1.54) is 0 Å². The molecule has 0 unspecified atom stereocenters. The number of aryl methyl sites for hydroxylation is 1. The monoisotopic (exact) mass is 350 g/mol. The minimum atomic E-state index is -0.00770. The highest BCUT2D eigenvalue weighted by molar-refractivity contribution is 9.10. The van der Waals surface area contributed by atoms with Gasteiger partial charge in [-0.15, -0.1) is 12.4 Å². The predicted octanol–water partition coefficient (Wildman–Crippen LogP) is 2.41. The van der Waals surface area contributed by atoms with Crippen molar-refractivity contribution in [1.29, 1.82) is 0 Å². The summed E-state index contributed by atoms with van der Waals surface area (Å²) in [5.41, 5.74) is 6.50. The van der Waals surface area contributed by atoms with Gasteiger partial charge in [0.05, 0.1) is 17.5 Å². The first-order valence-electron chi connectivity index (χ1n) is 5.99. The van der Waals surface area contributed by atoms with Gasteiger partial charge in [0.25, 0.3) is 0 Å². The molecule has 0 aliphatic rings. The van der Waals surface area contributed by atoms with Gasteiger partial charge < -0.3 is 15.8 Å². The number of hydrogen-bond donors (Lipinski definition) is 2. The molecule has 19 heavy (non-hydrogen) atoms. The molecule has 1 aromatic rings. The maximum Gasteiger partial charge on any atom is 0.223 e. The van der Waals surface area contributed by atoms with Crippen LogP contribution in [0.15, 0.2) is 22.7 Å². The van der Waals surface area contributed by atoms with Gasteiger partial charge in [-0.1, -0.05) is 6.07 Å². The summed E-state index contributed by atoms with van der Waals surface area (Å²) in [5, 5.41) is 2.78. The fraction of sp³-hybridized carbons (Fsp3) is 0.462. The molecule has 0 heterocycles. The molecule has 0 saturated heterocycles. The molecule has 0 saturated carbocycles. The summed E-state index contributed by atoms with van der Waals surface area (Å²) in [6, 6.07) is 5.85. The van der Waals surface area contributed by atoms with E-state index in [2.05, 4.69) is 21.2 Å². The van der Waals surface area contributed by atoms with Crippen molar-refractivity contribution in [2.75, 3.05) is 19.7 Å². The van der Waals surface area contributed by atoms with E-state index in [1.807, 2.05) is 25.1 Å². The Morgan fingerprint density at radius 3 is 2.84 bits per heavy atom. The average Bonchev–Trinajstić information content (AvgIpc) is 2.32. The van der Waals surface area contributed by atoms with E-state index in [-0.39, 0.29) is 18.3 Å². The van der Waals surface area contributed by atoms with E-state index in [9.17, 15) is 4.79 Å². The zero-order valence-electron chi connectivity index (χ0n) is 10.9. The van der Waals surface area contributed by atoms with Gasteiger partial charge in [0.15, 0.2) is 0 Å². The zero-order valence-corrected chi connectivity index (χ0v) is 13.4. The molecule has 4 nitrogen and oxygen atoms in total. The molecule has 108 valence electrons. The van der Waals surface area contributed by atoms with Crippen molar-refractivity contribution in [3.63, 3.8) is 0 Å². The number of benzene rings is 1. The van der Waals surface area contributed by atoms with E-state index in [0.717, 1.165) is 22.2 Å². The largest absolute Gasteiger partial charge is 0.492 e. The summed E-state index contributed by atoms with van der Waals surface area (Å²) in [6.45, 7) is 3.60. The first-order chi connectivity index (χ1) is 8.63. The third kappa shape index (κ3) is 7.40. The van der Waals surface area contributed by atoms with Crippen LogP contribution in [0.5, 0.6) is 5.75 Å². The second-order valence-electron chi connectivity index (χ2n) is 4.02. The van der Waals surface area contributed by atoms with Crippen molar-refractivity contribution in [2.24, 2.45) is 5.73 Å². The second-order valence-corrected chi connectivity index (χ2v) is 4.88. The van der Waals surface area contributed by atoms with Gasteiger partial charge in [-0.25, -0.2) is 0 Å². The fourth-order valence-corrected chi connectivity index (χ4v) is 2.00. The van der Waals surface area contributed by atoms with Crippen LogP contribution in [0.4, 0.5) is 0 Å². The molecule has 0 radical (unpaired) electrons. The van der Waals surface area contributed by atoms with Gasteiger partial charge in [0.2, 0.25) is 5.91 Å². The smallest absolute Gasteiger partial charge is 0.223 e. The topological polar surface area (TPSA) is 64.3 Å². The Balaban J connectivity index is 0.00000324. The van der Waals surface area contributed by atoms with Crippen LogP contribution in [-0.2, 0) is 4.79 Å². The molecule has 0 aromatic heterocycles. The van der Waals surface area contributed by atoms with Crippen molar-refractivity contribution in [3.8, 4) is 5.75 Å². The highest BCUT2D eigenvalue weighted by atomic mass is 79.9. The van der Waals surface area contributed by atoms with Crippen LogP contribution in [0, 0.1) is 6.92 Å². The lowest BCUT2D eigenvalue weighted by atomic mass is 10.2. The quantitative estimate of drug-likeness (QED) is 0.742. The number of rotatable bonds is 7. The molecule has 1 rings (SSSR count). The summed E-state index contributed by atoms with van der Waals surface area (Å²) in [7, 11) is 0. The lowest BCUT2D eigenvalue weighted by Crippen LogP contribution is -2.27. The van der Waals surface area contributed by atoms with Crippen LogP contribution in [0.25, 0.3) is 0 Å². The molecule has 0 atom stereocenters. The second kappa shape index (κ2) is 10.1. The molecular formula is C13H20BrClN2O2. The summed E-state index contributed by atoms with van der Waals surface area (Å²) >= 11 is 3.43. The number of ether oxygens (including phenoxy) is 1. The lowest BCUT2D eigenvalue weighted by Gasteiger charge is -2.09. The maximum absolute atomic E-state index is 11.4. The Morgan fingerprint density at radius 1 is 1.47 bits per heavy atom. The summed E-state index contributed by atoms with van der Waals surface area (Å²) < 4.78 is 6.44. The number of carbonyl (C=O) groups excluding carboxylic acids is 1. The van der Waals surface area contributed by atoms with Gasteiger partial charge in [-0.3, -0.25) is 4.79 Å². The van der Waals surface area contributed by atoms with Crippen LogP contribution in [0.3, 0.4) is 0 Å². The average molecular weight is 352 g/mol. The van der Waals surface area contributed by atoms with Crippen molar-refractivity contribution < 1.29 is 9.53 Å². The van der Waals surface area contributed by atoms with Gasteiger partial charge >= 0.3 is 0 Å². The number of halogens is 2. The molecule has 3 N–H and O–H groups in total. The zero-order chi connectivity index (χ0) is 13.4. The van der Waals surface area contributed by atoms with E-state index in [1.54, 1.807) is 0 Å². The number of nitrogens with two attached hydrogens (primary N) is 1. The molecule has 0 spiro atoms. The molecule has 0 aliphatic carbocycles.